The van der Waals surface area contributed by atoms with E-state index in [9.17, 15) is 19.8 Å². The molecule has 0 aromatic carbocycles. The van der Waals surface area contributed by atoms with Crippen molar-refractivity contribution in [3.8, 4) is 0 Å². The molecular formula is C15H19N3O5S. The first-order valence-electron chi connectivity index (χ1n) is 7.60. The van der Waals surface area contributed by atoms with Gasteiger partial charge in [-0.25, -0.2) is 9.78 Å². The number of fused-ring (bicyclic) bond motifs is 1. The monoisotopic (exact) mass is 353 g/mol. The number of anilines is 1. The summed E-state index contributed by atoms with van der Waals surface area (Å²) in [6.45, 7) is 2.01. The molecule has 3 rings (SSSR count). The molecule has 24 heavy (non-hydrogen) atoms. The highest BCUT2D eigenvalue weighted by atomic mass is 32.2. The third-order valence-electron chi connectivity index (χ3n) is 4.56. The van der Waals surface area contributed by atoms with Crippen LogP contribution in [-0.2, 0) is 15.3 Å². The van der Waals surface area contributed by atoms with Crippen LogP contribution in [0.15, 0.2) is 17.0 Å². The quantitative estimate of drug-likeness (QED) is 0.608. The van der Waals surface area contributed by atoms with Gasteiger partial charge in [0.15, 0.2) is 11.3 Å². The Hall–Kier alpha value is -1.68. The third kappa shape index (κ3) is 3.00. The van der Waals surface area contributed by atoms with Gasteiger partial charge in [0.2, 0.25) is 5.91 Å². The molecule has 0 saturated carbocycles. The summed E-state index contributed by atoms with van der Waals surface area (Å²) in [5.41, 5.74) is -2.81. The highest BCUT2D eigenvalue weighted by Crippen LogP contribution is 2.35. The molecule has 0 spiro atoms. The van der Waals surface area contributed by atoms with Crippen molar-refractivity contribution in [2.24, 2.45) is 0 Å². The number of carboxylic acid groups (broad SMARTS) is 1. The van der Waals surface area contributed by atoms with E-state index < -0.39 is 17.3 Å². The number of aliphatic carboxylic acids is 1. The van der Waals surface area contributed by atoms with Gasteiger partial charge in [0.05, 0.1) is 16.3 Å². The predicted molar refractivity (Wildman–Crippen MR) is 86.6 cm³/mol. The fourth-order valence-corrected chi connectivity index (χ4v) is 3.67. The Labute approximate surface area is 142 Å². The smallest absolute Gasteiger partial charge is 0.335 e. The van der Waals surface area contributed by atoms with Gasteiger partial charge >= 0.3 is 5.97 Å². The number of amides is 1. The maximum Gasteiger partial charge on any atom is 0.335 e. The van der Waals surface area contributed by atoms with Crippen molar-refractivity contribution in [3.63, 3.8) is 0 Å². The van der Waals surface area contributed by atoms with Crippen LogP contribution in [0.25, 0.3) is 0 Å². The minimum absolute atomic E-state index is 0.0238. The van der Waals surface area contributed by atoms with E-state index in [-0.39, 0.29) is 31.8 Å². The van der Waals surface area contributed by atoms with Crippen molar-refractivity contribution < 1.29 is 24.9 Å². The summed E-state index contributed by atoms with van der Waals surface area (Å²) in [7, 11) is 0. The van der Waals surface area contributed by atoms with Gasteiger partial charge in [-0.1, -0.05) is 0 Å². The van der Waals surface area contributed by atoms with Gasteiger partial charge in [-0.15, -0.1) is 11.8 Å². The number of nitrogens with zero attached hydrogens (tertiary/aromatic N) is 2. The summed E-state index contributed by atoms with van der Waals surface area (Å²) in [4.78, 5) is 29.5. The average Bonchev–Trinajstić information content (AvgIpc) is 2.54. The molecule has 4 N–H and O–H groups in total. The second-order valence-electron chi connectivity index (χ2n) is 6.22. The number of pyridine rings is 1. The lowest BCUT2D eigenvalue weighted by Crippen LogP contribution is -2.55. The molecule has 2 aliphatic heterocycles. The summed E-state index contributed by atoms with van der Waals surface area (Å²) in [5, 5.41) is 32.7. The zero-order valence-corrected chi connectivity index (χ0v) is 14.0. The number of nitrogens with one attached hydrogen (secondary N) is 1. The van der Waals surface area contributed by atoms with Gasteiger partial charge < -0.3 is 20.6 Å². The van der Waals surface area contributed by atoms with Gasteiger partial charge in [-0.2, -0.15) is 0 Å². The van der Waals surface area contributed by atoms with E-state index >= 15 is 0 Å². The van der Waals surface area contributed by atoms with Crippen molar-refractivity contribution >= 4 is 29.5 Å². The number of carboxylic acids is 1. The first-order valence-corrected chi connectivity index (χ1v) is 8.58. The van der Waals surface area contributed by atoms with Crippen LogP contribution >= 0.6 is 11.8 Å². The zero-order chi connectivity index (χ0) is 17.5. The largest absolute Gasteiger partial charge is 0.479 e. The van der Waals surface area contributed by atoms with Gasteiger partial charge in [-0.05, 0) is 31.9 Å². The van der Waals surface area contributed by atoms with E-state index in [4.69, 9.17) is 5.11 Å². The fraction of sp³-hybridized carbons (Fsp3) is 0.533. The lowest BCUT2D eigenvalue weighted by molar-refractivity contribution is -0.175. The van der Waals surface area contributed by atoms with Crippen LogP contribution in [0.3, 0.4) is 0 Å². The SMILES string of the molecule is C[C@](O)(c1ccc2c(n1)NC(=O)CS2)N1CCC(O)(C(=O)O)CC1. The molecule has 3 heterocycles. The average molecular weight is 353 g/mol. The van der Waals surface area contributed by atoms with Crippen LogP contribution in [0.5, 0.6) is 0 Å². The summed E-state index contributed by atoms with van der Waals surface area (Å²) in [6.07, 6.45) is 0.0476. The maximum atomic E-state index is 11.5. The van der Waals surface area contributed by atoms with Crippen molar-refractivity contribution in [1.29, 1.82) is 0 Å². The Morgan fingerprint density at radius 2 is 2.08 bits per heavy atom. The molecule has 9 heteroatoms. The summed E-state index contributed by atoms with van der Waals surface area (Å²) < 4.78 is 0. The van der Waals surface area contributed by atoms with Crippen LogP contribution in [0, 0.1) is 0 Å². The van der Waals surface area contributed by atoms with E-state index in [1.54, 1.807) is 24.0 Å². The second kappa shape index (κ2) is 5.99. The van der Waals surface area contributed by atoms with Gasteiger partial charge in [0, 0.05) is 13.1 Å². The van der Waals surface area contributed by atoms with Crippen LogP contribution < -0.4 is 5.32 Å². The highest BCUT2D eigenvalue weighted by Gasteiger charge is 2.44. The van der Waals surface area contributed by atoms with E-state index in [0.717, 1.165) is 4.90 Å². The molecule has 1 atom stereocenters. The third-order valence-corrected chi connectivity index (χ3v) is 5.61. The molecule has 0 radical (unpaired) electrons. The van der Waals surface area contributed by atoms with Crippen LogP contribution in [0.4, 0.5) is 5.82 Å². The summed E-state index contributed by atoms with van der Waals surface area (Å²) >= 11 is 1.39. The molecule has 0 bridgehead atoms. The fourth-order valence-electron chi connectivity index (χ4n) is 2.92. The van der Waals surface area contributed by atoms with Gasteiger partial charge in [0.1, 0.15) is 5.82 Å². The maximum absolute atomic E-state index is 11.5. The Kier molecular flexibility index (Phi) is 4.28. The van der Waals surface area contributed by atoms with Gasteiger partial charge in [0.25, 0.3) is 0 Å². The molecule has 1 aromatic rings. The minimum atomic E-state index is -1.75. The number of aromatic nitrogens is 1. The van der Waals surface area contributed by atoms with Crippen LogP contribution in [0.2, 0.25) is 0 Å². The Balaban J connectivity index is 1.80. The number of hydrogen-bond acceptors (Lipinski definition) is 7. The van der Waals surface area contributed by atoms with Crippen molar-refractivity contribution in [2.75, 3.05) is 24.2 Å². The molecule has 2 aliphatic rings. The zero-order valence-electron chi connectivity index (χ0n) is 13.2. The Bertz CT molecular complexity index is 686. The number of hydrogen-bond donors (Lipinski definition) is 4. The lowest BCUT2D eigenvalue weighted by atomic mass is 9.90. The van der Waals surface area contributed by atoms with E-state index in [2.05, 4.69) is 10.3 Å². The molecule has 1 saturated heterocycles. The van der Waals surface area contributed by atoms with Crippen molar-refractivity contribution in [3.05, 3.63) is 17.8 Å². The summed E-state index contributed by atoms with van der Waals surface area (Å²) in [5.74, 6) is -0.618. The number of carbonyl (C=O) groups is 2. The molecule has 1 aromatic heterocycles. The van der Waals surface area contributed by atoms with Crippen LogP contribution in [-0.4, -0.2) is 61.5 Å². The Morgan fingerprint density at radius 3 is 2.71 bits per heavy atom. The number of piperidine rings is 1. The molecule has 0 unspecified atom stereocenters. The first-order chi connectivity index (χ1) is 11.2. The normalized spacial score (nSPS) is 23.0. The van der Waals surface area contributed by atoms with Crippen LogP contribution in [0.1, 0.15) is 25.5 Å². The van der Waals surface area contributed by atoms with E-state index in [1.165, 1.54) is 11.8 Å². The summed E-state index contributed by atoms with van der Waals surface area (Å²) in [6, 6.07) is 3.50. The molecule has 8 nitrogen and oxygen atoms in total. The number of rotatable bonds is 3. The molecule has 130 valence electrons. The first kappa shape index (κ1) is 17.2. The standard InChI is InChI=1S/C15H19N3O5S/c1-14(22,18-6-4-15(23,5-7-18)13(20)21)10-3-2-9-12(16-10)17-11(19)8-24-9/h2-3,22-23H,4-8H2,1H3,(H,20,21)(H,16,17,19)/t14-/m0/s1. The molecule has 1 amide bonds. The lowest BCUT2D eigenvalue weighted by Gasteiger charge is -2.42. The predicted octanol–water partition coefficient (Wildman–Crippen LogP) is 0.202. The topological polar surface area (TPSA) is 123 Å². The van der Waals surface area contributed by atoms with Crippen molar-refractivity contribution in [1.82, 2.24) is 9.88 Å². The van der Waals surface area contributed by atoms with Gasteiger partial charge in [-0.3, -0.25) is 9.69 Å². The number of thioether (sulfide) groups is 1. The highest BCUT2D eigenvalue weighted by molar-refractivity contribution is 8.00. The second-order valence-corrected chi connectivity index (χ2v) is 7.24. The number of aliphatic hydroxyl groups is 2. The molecular weight excluding hydrogens is 334 g/mol. The minimum Gasteiger partial charge on any atom is -0.479 e. The number of carbonyl (C=O) groups excluding carboxylic acids is 1. The van der Waals surface area contributed by atoms with E-state index in [1.807, 2.05) is 0 Å². The number of likely N-dealkylation sites (tertiary alicyclic amines) is 1. The molecule has 0 aliphatic carbocycles. The Morgan fingerprint density at radius 1 is 1.42 bits per heavy atom. The molecule has 1 fully saturated rings. The van der Waals surface area contributed by atoms with E-state index in [0.29, 0.717) is 17.3 Å². The van der Waals surface area contributed by atoms with Crippen molar-refractivity contribution in [2.45, 2.75) is 36.0 Å².